The van der Waals surface area contributed by atoms with E-state index in [1.165, 1.54) is 25.7 Å². The number of methoxy groups -OCH3 is 1. The molecule has 0 aliphatic heterocycles. The number of benzene rings is 1. The molecule has 2 N–H and O–H groups in total. The van der Waals surface area contributed by atoms with Gasteiger partial charge in [-0.3, -0.25) is 0 Å². The topological polar surface area (TPSA) is 44.5 Å². The summed E-state index contributed by atoms with van der Waals surface area (Å²) in [4.78, 5) is 0. The fourth-order valence-corrected chi connectivity index (χ4v) is 2.70. The van der Waals surface area contributed by atoms with Crippen molar-refractivity contribution in [2.45, 2.75) is 45.3 Å². The largest absolute Gasteiger partial charge is 0.495 e. The lowest BCUT2D eigenvalue weighted by Gasteiger charge is -2.26. The minimum Gasteiger partial charge on any atom is -0.495 e. The molecule has 21 heavy (non-hydrogen) atoms. The minimum absolute atomic E-state index is 0.351. The molecule has 0 spiro atoms. The molecule has 3 heteroatoms. The predicted octanol–water partition coefficient (Wildman–Crippen LogP) is 3.10. The van der Waals surface area contributed by atoms with E-state index in [0.717, 1.165) is 22.8 Å². The van der Waals surface area contributed by atoms with Gasteiger partial charge in [-0.05, 0) is 49.3 Å². The predicted molar refractivity (Wildman–Crippen MR) is 85.1 cm³/mol. The number of rotatable bonds is 4. The first kappa shape index (κ1) is 15.9. The van der Waals surface area contributed by atoms with Gasteiger partial charge < -0.3 is 15.2 Å². The first-order valence-corrected chi connectivity index (χ1v) is 7.70. The smallest absolute Gasteiger partial charge is 0.134 e. The van der Waals surface area contributed by atoms with Crippen molar-refractivity contribution in [1.29, 1.82) is 0 Å². The van der Waals surface area contributed by atoms with Crippen molar-refractivity contribution < 1.29 is 9.47 Å². The Morgan fingerprint density at radius 2 is 2.00 bits per heavy atom. The molecule has 0 unspecified atom stereocenters. The van der Waals surface area contributed by atoms with Crippen LogP contribution in [0.4, 0.5) is 0 Å². The molecule has 114 valence electrons. The molecule has 1 saturated carbocycles. The van der Waals surface area contributed by atoms with Gasteiger partial charge in [-0.2, -0.15) is 0 Å². The molecule has 1 fully saturated rings. The van der Waals surface area contributed by atoms with Crippen LogP contribution in [0.5, 0.6) is 5.75 Å². The van der Waals surface area contributed by atoms with E-state index in [-0.39, 0.29) is 0 Å². The van der Waals surface area contributed by atoms with Gasteiger partial charge in [-0.1, -0.05) is 24.8 Å². The highest BCUT2D eigenvalue weighted by atomic mass is 16.5. The molecule has 1 aromatic rings. The molecular weight excluding hydrogens is 262 g/mol. The molecule has 3 nitrogen and oxygen atoms in total. The van der Waals surface area contributed by atoms with E-state index in [2.05, 4.69) is 18.8 Å². The third kappa shape index (κ3) is 4.77. The number of hydrogen-bond donors (Lipinski definition) is 1. The zero-order valence-electron chi connectivity index (χ0n) is 13.0. The summed E-state index contributed by atoms with van der Waals surface area (Å²) in [7, 11) is 1.66. The molecule has 0 atom stereocenters. The summed E-state index contributed by atoms with van der Waals surface area (Å²) in [5, 5.41) is 0. The Balaban J connectivity index is 1.97. The van der Waals surface area contributed by atoms with Crippen LogP contribution >= 0.6 is 0 Å². The summed E-state index contributed by atoms with van der Waals surface area (Å²) in [5.41, 5.74) is 7.45. The van der Waals surface area contributed by atoms with Crippen molar-refractivity contribution in [2.75, 3.05) is 13.7 Å². The average Bonchev–Trinajstić information content (AvgIpc) is 2.52. The summed E-state index contributed by atoms with van der Waals surface area (Å²) in [6.07, 6.45) is 5.32. The summed E-state index contributed by atoms with van der Waals surface area (Å²) in [6.45, 7) is 3.31. The first-order valence-electron chi connectivity index (χ1n) is 7.70. The zero-order chi connectivity index (χ0) is 15.1. The van der Waals surface area contributed by atoms with Crippen LogP contribution in [0.2, 0.25) is 0 Å². The Bertz CT molecular complexity index is 508. The van der Waals surface area contributed by atoms with E-state index in [0.29, 0.717) is 19.3 Å². The molecule has 0 bridgehead atoms. The summed E-state index contributed by atoms with van der Waals surface area (Å²) >= 11 is 0. The van der Waals surface area contributed by atoms with Crippen LogP contribution in [-0.2, 0) is 11.3 Å². The van der Waals surface area contributed by atoms with Crippen LogP contribution in [0.1, 0.15) is 43.7 Å². The third-order valence-electron chi connectivity index (χ3n) is 4.04. The van der Waals surface area contributed by atoms with E-state index in [4.69, 9.17) is 15.2 Å². The second kappa shape index (κ2) is 8.07. The Hall–Kier alpha value is -1.50. The van der Waals surface area contributed by atoms with Gasteiger partial charge in [-0.25, -0.2) is 0 Å². The van der Waals surface area contributed by atoms with Gasteiger partial charge >= 0.3 is 0 Å². The minimum atomic E-state index is 0.351. The molecule has 0 saturated heterocycles. The van der Waals surface area contributed by atoms with Crippen LogP contribution in [0.15, 0.2) is 18.2 Å². The second-order valence-electron chi connectivity index (χ2n) is 5.73. The van der Waals surface area contributed by atoms with Gasteiger partial charge in [0.1, 0.15) is 5.75 Å². The maximum Gasteiger partial charge on any atom is 0.134 e. The Labute approximate surface area is 127 Å². The van der Waals surface area contributed by atoms with E-state index < -0.39 is 0 Å². The maximum absolute atomic E-state index is 6.04. The lowest BCUT2D eigenvalue weighted by atomic mass is 9.89. The third-order valence-corrected chi connectivity index (χ3v) is 4.04. The quantitative estimate of drug-likeness (QED) is 0.865. The van der Waals surface area contributed by atoms with Crippen LogP contribution in [0.25, 0.3) is 0 Å². The monoisotopic (exact) mass is 287 g/mol. The van der Waals surface area contributed by atoms with Crippen LogP contribution in [0, 0.1) is 17.8 Å². The van der Waals surface area contributed by atoms with Gasteiger partial charge in [0, 0.05) is 0 Å². The molecule has 1 aromatic carbocycles. The number of ether oxygens (including phenoxy) is 2. The van der Waals surface area contributed by atoms with Gasteiger partial charge in [0.25, 0.3) is 0 Å². The molecule has 1 aliphatic carbocycles. The van der Waals surface area contributed by atoms with E-state index in [1.807, 2.05) is 18.2 Å². The zero-order valence-corrected chi connectivity index (χ0v) is 13.0. The SMILES string of the molecule is COc1ccc(COC2CCC(C)CC2)cc1C#CCN. The van der Waals surface area contributed by atoms with Crippen LogP contribution in [0.3, 0.4) is 0 Å². The van der Waals surface area contributed by atoms with E-state index in [1.54, 1.807) is 7.11 Å². The number of hydrogen-bond acceptors (Lipinski definition) is 3. The van der Waals surface area contributed by atoms with Crippen LogP contribution in [-0.4, -0.2) is 19.8 Å². The Morgan fingerprint density at radius 3 is 2.67 bits per heavy atom. The molecule has 2 rings (SSSR count). The van der Waals surface area contributed by atoms with Crippen molar-refractivity contribution in [2.24, 2.45) is 11.7 Å². The Morgan fingerprint density at radius 1 is 1.24 bits per heavy atom. The first-order chi connectivity index (χ1) is 10.2. The molecule has 0 aromatic heterocycles. The van der Waals surface area contributed by atoms with Gasteiger partial charge in [0.15, 0.2) is 0 Å². The van der Waals surface area contributed by atoms with Gasteiger partial charge in [0.2, 0.25) is 0 Å². The van der Waals surface area contributed by atoms with Crippen LogP contribution < -0.4 is 10.5 Å². The lowest BCUT2D eigenvalue weighted by molar-refractivity contribution is 0.00875. The van der Waals surface area contributed by atoms with E-state index >= 15 is 0 Å². The molecule has 0 radical (unpaired) electrons. The van der Waals surface area contributed by atoms with E-state index in [9.17, 15) is 0 Å². The summed E-state index contributed by atoms with van der Waals surface area (Å²) < 4.78 is 11.4. The standard InChI is InChI=1S/C18H25NO2/c1-14-5-8-17(9-6-14)21-13-15-7-10-18(20-2)16(12-15)4-3-11-19/h7,10,12,14,17H,5-6,8-9,11,13,19H2,1-2H3. The highest BCUT2D eigenvalue weighted by Crippen LogP contribution is 2.26. The lowest BCUT2D eigenvalue weighted by Crippen LogP contribution is -2.20. The number of nitrogens with two attached hydrogens (primary N) is 1. The molecule has 0 heterocycles. The Kier molecular flexibility index (Phi) is 6.10. The van der Waals surface area contributed by atoms with Gasteiger partial charge in [0.05, 0.1) is 31.9 Å². The fourth-order valence-electron chi connectivity index (χ4n) is 2.70. The van der Waals surface area contributed by atoms with Crippen molar-refractivity contribution in [3.05, 3.63) is 29.3 Å². The van der Waals surface area contributed by atoms with Gasteiger partial charge in [-0.15, -0.1) is 0 Å². The highest BCUT2D eigenvalue weighted by molar-refractivity contribution is 5.48. The highest BCUT2D eigenvalue weighted by Gasteiger charge is 2.18. The second-order valence-corrected chi connectivity index (χ2v) is 5.73. The van der Waals surface area contributed by atoms with Crippen molar-refractivity contribution >= 4 is 0 Å². The van der Waals surface area contributed by atoms with Crippen molar-refractivity contribution in [3.8, 4) is 17.6 Å². The summed E-state index contributed by atoms with van der Waals surface area (Å²) in [5.74, 6) is 7.56. The van der Waals surface area contributed by atoms with Crippen molar-refractivity contribution in [1.82, 2.24) is 0 Å². The molecular formula is C18H25NO2. The maximum atomic E-state index is 6.04. The molecule has 1 aliphatic rings. The fraction of sp³-hybridized carbons (Fsp3) is 0.556. The van der Waals surface area contributed by atoms with Crippen molar-refractivity contribution in [3.63, 3.8) is 0 Å². The molecule has 0 amide bonds. The summed E-state index contributed by atoms with van der Waals surface area (Å²) in [6, 6.07) is 6.02. The average molecular weight is 287 g/mol. The normalized spacial score (nSPS) is 21.5.